The fourth-order valence-corrected chi connectivity index (χ4v) is 8.53. The second-order valence-electron chi connectivity index (χ2n) is 19.8. The van der Waals surface area contributed by atoms with E-state index in [-0.39, 0.29) is 98.8 Å². The molecule has 0 fully saturated rings. The van der Waals surface area contributed by atoms with Crippen molar-refractivity contribution in [3.63, 3.8) is 0 Å². The molecule has 0 aromatic heterocycles. The first-order valence-electron chi connectivity index (χ1n) is 26.0. The maximum absolute atomic E-state index is 13.8. The van der Waals surface area contributed by atoms with E-state index in [4.69, 9.17) is 25.8 Å². The van der Waals surface area contributed by atoms with Gasteiger partial charge in [-0.2, -0.15) is 39.5 Å². The summed E-state index contributed by atoms with van der Waals surface area (Å²) >= 11 is 5.83. The number of ketones is 3. The van der Waals surface area contributed by atoms with Gasteiger partial charge >= 0.3 is 18.5 Å². The Bertz CT molecular complexity index is 3850. The maximum atomic E-state index is 13.8. The third-order valence-corrected chi connectivity index (χ3v) is 12.8. The number of nitrogens with one attached hydrogen (secondary N) is 3. The predicted octanol–water partition coefficient (Wildman–Crippen LogP) is 16.2. The van der Waals surface area contributed by atoms with Crippen LogP contribution in [0.4, 0.5) is 52.7 Å². The predicted molar refractivity (Wildman–Crippen MR) is 300 cm³/mol. The van der Waals surface area contributed by atoms with Gasteiger partial charge in [-0.1, -0.05) is 29.3 Å². The summed E-state index contributed by atoms with van der Waals surface area (Å²) in [6.45, 7) is 6.36. The highest BCUT2D eigenvalue weighted by Gasteiger charge is 2.35. The van der Waals surface area contributed by atoms with Gasteiger partial charge in [0.2, 0.25) is 0 Å². The van der Waals surface area contributed by atoms with E-state index >= 15 is 0 Å². The monoisotopic (exact) mass is 1260 g/mol. The molecule has 3 N–H and O–H groups in total. The SMILES string of the molecule is CC1=CC(NC(=O)c2cc(C(F)(F)F)ccc2Oc2ccc(F)cc2C)=CC(=O)C1.Cc1cc(F)ccc1Oc1ccc(C(F)(F)F)cc1C(=O)NC1=CC(=O)CC(Cl)=C1.Cc1ccc(Oc2ccc(C(F)(F)F)cc2C(=O)NC2=CC(=O)CC=C2)cc1F. The van der Waals surface area contributed by atoms with Gasteiger partial charge < -0.3 is 30.2 Å². The number of benzene rings is 6. The number of hydrogen-bond donors (Lipinski definition) is 3. The third kappa shape index (κ3) is 18.5. The molecule has 0 heterocycles. The lowest BCUT2D eigenvalue weighted by Gasteiger charge is -2.17. The van der Waals surface area contributed by atoms with Gasteiger partial charge in [0.15, 0.2) is 17.3 Å². The number of allylic oxidation sites excluding steroid dienone is 9. The summed E-state index contributed by atoms with van der Waals surface area (Å²) in [6, 6.07) is 18.5. The second-order valence-corrected chi connectivity index (χ2v) is 20.3. The van der Waals surface area contributed by atoms with E-state index in [1.54, 1.807) is 33.8 Å². The molecule has 0 bridgehead atoms. The molecular formula is C64H46ClF12N3O9. The van der Waals surface area contributed by atoms with Gasteiger partial charge in [-0.3, -0.25) is 28.8 Å². The van der Waals surface area contributed by atoms with Gasteiger partial charge in [-0.05, 0) is 160 Å². The highest BCUT2D eigenvalue weighted by Crippen LogP contribution is 2.39. The highest BCUT2D eigenvalue weighted by atomic mass is 35.5. The fourth-order valence-electron chi connectivity index (χ4n) is 8.28. The Labute approximate surface area is 503 Å². The molecule has 3 amide bonds. The van der Waals surface area contributed by atoms with Crippen molar-refractivity contribution in [2.24, 2.45) is 0 Å². The molecule has 6 aromatic carbocycles. The average molecular weight is 1260 g/mol. The smallest absolute Gasteiger partial charge is 0.416 e. The minimum Gasteiger partial charge on any atom is -0.456 e. The molecule has 0 saturated carbocycles. The summed E-state index contributed by atoms with van der Waals surface area (Å²) in [5, 5.41) is 7.36. The first kappa shape index (κ1) is 66.6. The molecule has 25 heteroatoms. The molecule has 12 nitrogen and oxygen atoms in total. The van der Waals surface area contributed by atoms with E-state index in [9.17, 15) is 81.5 Å². The minimum absolute atomic E-state index is 0.0221. The van der Waals surface area contributed by atoms with Crippen molar-refractivity contribution >= 4 is 46.7 Å². The standard InChI is InChI=1S/C22H17F4NO3.C21H14ClF4NO3.C21H15F4NO3/c1-12-7-16(11-17(28)8-12)27-21(29)18-10-14(22(24,25)26)3-5-20(18)30-19-6-4-15(23)9-13(19)2;1-11-6-14(23)3-5-18(11)30-19-4-2-12(21(24,25)26)7-17(19)20(29)27-15-8-13(22)9-16(28)10-15;1-12-5-7-16(11-18(12)22)29-19-8-6-13(21(23,24)25)9-17(19)20(28)26-14-3-2-4-15(27)10-14/h3-7,9-11H,8H2,1-2H3,(H,27,29);2-8,10H,9H2,1H3,(H,27,29);2-3,5-11H,4H2,1H3,(H,26,28). The minimum atomic E-state index is -4.69. The number of alkyl halides is 9. The molecule has 9 rings (SSSR count). The van der Waals surface area contributed by atoms with Crippen LogP contribution in [0.25, 0.3) is 0 Å². The normalized spacial score (nSPS) is 14.0. The zero-order chi connectivity index (χ0) is 65.3. The molecule has 0 saturated heterocycles. The number of carbonyl (C=O) groups excluding carboxylic acids is 6. The summed E-state index contributed by atoms with van der Waals surface area (Å²) in [7, 11) is 0. The van der Waals surface area contributed by atoms with Crippen LogP contribution >= 0.6 is 11.6 Å². The number of rotatable bonds is 12. The van der Waals surface area contributed by atoms with Gasteiger partial charge in [0.05, 0.1) is 33.4 Å². The molecule has 89 heavy (non-hydrogen) atoms. The average Bonchev–Trinajstić information content (AvgIpc) is 1.08. The molecular weight excluding hydrogens is 1220 g/mol. The van der Waals surface area contributed by atoms with Gasteiger partial charge in [0.25, 0.3) is 17.7 Å². The van der Waals surface area contributed by atoms with E-state index in [2.05, 4.69) is 16.0 Å². The Balaban J connectivity index is 0.000000190. The second kappa shape index (κ2) is 27.8. The Kier molecular flexibility index (Phi) is 20.8. The lowest BCUT2D eigenvalue weighted by molar-refractivity contribution is -0.138. The van der Waals surface area contributed by atoms with Crippen LogP contribution in [-0.4, -0.2) is 35.1 Å². The van der Waals surface area contributed by atoms with Crippen LogP contribution in [0.3, 0.4) is 0 Å². The molecule has 0 unspecified atom stereocenters. The Hall–Kier alpha value is -9.97. The summed E-state index contributed by atoms with van der Waals surface area (Å²) in [5.74, 6) is -5.24. The van der Waals surface area contributed by atoms with Gasteiger partial charge in [-0.25, -0.2) is 13.2 Å². The molecule has 0 radical (unpaired) electrons. The van der Waals surface area contributed by atoms with Crippen LogP contribution in [0.5, 0.6) is 34.5 Å². The van der Waals surface area contributed by atoms with Crippen molar-refractivity contribution in [1.82, 2.24) is 16.0 Å². The first-order chi connectivity index (χ1) is 41.7. The first-order valence-corrected chi connectivity index (χ1v) is 26.4. The van der Waals surface area contributed by atoms with Crippen LogP contribution in [0.2, 0.25) is 0 Å². The van der Waals surface area contributed by atoms with Crippen molar-refractivity contribution in [2.45, 2.75) is 65.5 Å². The van der Waals surface area contributed by atoms with E-state index in [1.165, 1.54) is 66.8 Å². The summed E-state index contributed by atoms with van der Waals surface area (Å²) in [6.07, 6.45) is -4.26. The zero-order valence-corrected chi connectivity index (χ0v) is 47.4. The van der Waals surface area contributed by atoms with Crippen LogP contribution in [0, 0.1) is 38.2 Å². The molecule has 0 spiro atoms. The van der Waals surface area contributed by atoms with Gasteiger partial charge in [0.1, 0.15) is 51.9 Å². The zero-order valence-electron chi connectivity index (χ0n) is 46.6. The molecule has 3 aliphatic carbocycles. The number of hydrogen-bond acceptors (Lipinski definition) is 9. The Morgan fingerprint density at radius 3 is 1.25 bits per heavy atom. The maximum Gasteiger partial charge on any atom is 0.416 e. The van der Waals surface area contributed by atoms with E-state index in [0.717, 1.165) is 60.7 Å². The van der Waals surface area contributed by atoms with Crippen molar-refractivity contribution in [3.8, 4) is 34.5 Å². The van der Waals surface area contributed by atoms with Crippen molar-refractivity contribution in [2.75, 3.05) is 0 Å². The van der Waals surface area contributed by atoms with E-state index in [0.29, 0.717) is 40.5 Å². The summed E-state index contributed by atoms with van der Waals surface area (Å²) < 4.78 is 175. The Morgan fingerprint density at radius 1 is 0.438 bits per heavy atom. The van der Waals surface area contributed by atoms with E-state index < -0.39 is 81.5 Å². The molecule has 0 aliphatic heterocycles. The summed E-state index contributed by atoms with van der Waals surface area (Å²) in [4.78, 5) is 72.8. The van der Waals surface area contributed by atoms with Gasteiger partial charge in [0, 0.05) is 65.7 Å². The Morgan fingerprint density at radius 2 is 0.843 bits per heavy atom. The fraction of sp³-hybridized carbons (Fsp3) is 0.156. The molecule has 3 aliphatic rings. The van der Waals surface area contributed by atoms with Gasteiger partial charge in [-0.15, -0.1) is 0 Å². The third-order valence-electron chi connectivity index (χ3n) is 12.6. The number of aryl methyl sites for hydroxylation is 3. The van der Waals surface area contributed by atoms with Crippen molar-refractivity contribution < 1.29 is 95.7 Å². The highest BCUT2D eigenvalue weighted by molar-refractivity contribution is 6.32. The molecule has 6 aromatic rings. The quantitative estimate of drug-likeness (QED) is 0.101. The number of carbonyl (C=O) groups is 6. The number of amides is 3. The lowest BCUT2D eigenvalue weighted by Crippen LogP contribution is -2.25. The number of ether oxygens (including phenoxy) is 3. The van der Waals surface area contributed by atoms with Crippen LogP contribution in [0.15, 0.2) is 179 Å². The number of halogens is 13. The lowest BCUT2D eigenvalue weighted by atomic mass is 10.0. The largest absolute Gasteiger partial charge is 0.456 e. The summed E-state index contributed by atoms with van der Waals surface area (Å²) in [5.41, 5.74) is -2.11. The van der Waals surface area contributed by atoms with Crippen LogP contribution < -0.4 is 30.2 Å². The molecule has 0 atom stereocenters. The topological polar surface area (TPSA) is 166 Å². The van der Waals surface area contributed by atoms with Crippen molar-refractivity contribution in [3.05, 3.63) is 247 Å². The van der Waals surface area contributed by atoms with Crippen LogP contribution in [0.1, 0.15) is 90.6 Å². The van der Waals surface area contributed by atoms with E-state index in [1.807, 2.05) is 0 Å². The molecule has 462 valence electrons. The van der Waals surface area contributed by atoms with Crippen LogP contribution in [-0.2, 0) is 32.9 Å². The van der Waals surface area contributed by atoms with Crippen molar-refractivity contribution in [1.29, 1.82) is 0 Å².